The van der Waals surface area contributed by atoms with Crippen molar-refractivity contribution in [3.63, 3.8) is 0 Å². The fourth-order valence-corrected chi connectivity index (χ4v) is 2.73. The zero-order valence-corrected chi connectivity index (χ0v) is 10.9. The van der Waals surface area contributed by atoms with Crippen LogP contribution in [-0.2, 0) is 0 Å². The molecule has 0 aromatic heterocycles. The first-order valence-electron chi connectivity index (χ1n) is 6.57. The van der Waals surface area contributed by atoms with Gasteiger partial charge in [0.1, 0.15) is 0 Å². The van der Waals surface area contributed by atoms with Gasteiger partial charge in [0, 0.05) is 18.6 Å². The van der Waals surface area contributed by atoms with Crippen molar-refractivity contribution in [2.45, 2.75) is 58.5 Å². The van der Waals surface area contributed by atoms with E-state index in [1.807, 2.05) is 0 Å². The van der Waals surface area contributed by atoms with Crippen molar-refractivity contribution in [2.75, 3.05) is 20.1 Å². The summed E-state index contributed by atoms with van der Waals surface area (Å²) in [5, 5.41) is 3.57. The van der Waals surface area contributed by atoms with Gasteiger partial charge in [0.25, 0.3) is 0 Å². The van der Waals surface area contributed by atoms with Gasteiger partial charge in [-0.25, -0.2) is 0 Å². The van der Waals surface area contributed by atoms with Crippen LogP contribution in [0, 0.1) is 5.92 Å². The van der Waals surface area contributed by atoms with Crippen molar-refractivity contribution in [3.05, 3.63) is 0 Å². The minimum atomic E-state index is 0.790. The largest absolute Gasteiger partial charge is 0.314 e. The van der Waals surface area contributed by atoms with Crippen molar-refractivity contribution in [2.24, 2.45) is 5.92 Å². The monoisotopic (exact) mass is 212 g/mol. The highest BCUT2D eigenvalue weighted by molar-refractivity contribution is 4.81. The van der Waals surface area contributed by atoms with Crippen LogP contribution in [-0.4, -0.2) is 37.1 Å². The molecule has 1 aliphatic rings. The summed E-state index contributed by atoms with van der Waals surface area (Å²) in [7, 11) is 2.29. The number of hydrogen-bond donors (Lipinski definition) is 1. The third-order valence-corrected chi connectivity index (χ3v) is 3.47. The van der Waals surface area contributed by atoms with E-state index in [0.717, 1.165) is 24.5 Å². The zero-order chi connectivity index (χ0) is 11.3. The van der Waals surface area contributed by atoms with Gasteiger partial charge in [-0.2, -0.15) is 0 Å². The summed E-state index contributed by atoms with van der Waals surface area (Å²) in [6.07, 6.45) is 5.48. The molecular formula is C13H28N2. The lowest BCUT2D eigenvalue weighted by Gasteiger charge is -2.35. The molecule has 0 unspecified atom stereocenters. The molecule has 0 atom stereocenters. The minimum absolute atomic E-state index is 0.790. The fraction of sp³-hybridized carbons (Fsp3) is 1.00. The second-order valence-electron chi connectivity index (χ2n) is 5.40. The lowest BCUT2D eigenvalue weighted by molar-refractivity contribution is 0.160. The maximum absolute atomic E-state index is 3.57. The third kappa shape index (κ3) is 4.52. The Morgan fingerprint density at radius 2 is 1.80 bits per heavy atom. The van der Waals surface area contributed by atoms with E-state index in [2.05, 4.69) is 38.0 Å². The molecule has 1 aliphatic carbocycles. The molecule has 2 nitrogen and oxygen atoms in total. The predicted octanol–water partition coefficient (Wildman–Crippen LogP) is 2.49. The van der Waals surface area contributed by atoms with Crippen LogP contribution >= 0.6 is 0 Å². The summed E-state index contributed by atoms with van der Waals surface area (Å²) < 4.78 is 0. The normalized spacial score (nSPS) is 27.6. The Morgan fingerprint density at radius 1 is 1.20 bits per heavy atom. The number of hydrogen-bond acceptors (Lipinski definition) is 2. The van der Waals surface area contributed by atoms with Crippen LogP contribution in [0.25, 0.3) is 0 Å². The van der Waals surface area contributed by atoms with Gasteiger partial charge in [0.05, 0.1) is 0 Å². The molecule has 0 amide bonds. The van der Waals surface area contributed by atoms with Gasteiger partial charge in [0.15, 0.2) is 0 Å². The summed E-state index contributed by atoms with van der Waals surface area (Å²) in [5.41, 5.74) is 0. The minimum Gasteiger partial charge on any atom is -0.314 e. The average Bonchev–Trinajstić information content (AvgIpc) is 2.18. The van der Waals surface area contributed by atoms with Crippen molar-refractivity contribution in [1.29, 1.82) is 0 Å². The van der Waals surface area contributed by atoms with Crippen LogP contribution in [0.4, 0.5) is 0 Å². The molecular weight excluding hydrogens is 184 g/mol. The highest BCUT2D eigenvalue weighted by atomic mass is 15.1. The highest BCUT2D eigenvalue weighted by Gasteiger charge is 2.23. The van der Waals surface area contributed by atoms with Gasteiger partial charge in [-0.1, -0.05) is 20.8 Å². The average molecular weight is 212 g/mol. The van der Waals surface area contributed by atoms with Crippen LogP contribution < -0.4 is 5.32 Å². The van der Waals surface area contributed by atoms with E-state index in [-0.39, 0.29) is 0 Å². The Labute approximate surface area is 95.4 Å². The topological polar surface area (TPSA) is 15.3 Å². The van der Waals surface area contributed by atoms with Gasteiger partial charge < -0.3 is 10.2 Å². The molecule has 0 bridgehead atoms. The van der Waals surface area contributed by atoms with Crippen LogP contribution in [0.3, 0.4) is 0 Å². The van der Waals surface area contributed by atoms with E-state index in [0.29, 0.717) is 0 Å². The van der Waals surface area contributed by atoms with Crippen molar-refractivity contribution < 1.29 is 0 Å². The molecule has 1 fully saturated rings. The van der Waals surface area contributed by atoms with E-state index in [4.69, 9.17) is 0 Å². The SMILES string of the molecule is CCNC1CCC(N(C)CC(C)C)CC1. The summed E-state index contributed by atoms with van der Waals surface area (Å²) in [5.74, 6) is 0.793. The standard InChI is InChI=1S/C13H28N2/c1-5-14-12-6-8-13(9-7-12)15(4)10-11(2)3/h11-14H,5-10H2,1-4H3. The summed E-state index contributed by atoms with van der Waals surface area (Å²) in [4.78, 5) is 2.56. The molecule has 0 aromatic rings. The summed E-state index contributed by atoms with van der Waals surface area (Å²) in [6.45, 7) is 9.19. The van der Waals surface area contributed by atoms with Gasteiger partial charge in [-0.3, -0.25) is 0 Å². The lowest BCUT2D eigenvalue weighted by atomic mass is 9.90. The fourth-order valence-electron chi connectivity index (χ4n) is 2.73. The smallest absolute Gasteiger partial charge is 0.00934 e. The molecule has 0 aromatic carbocycles. The van der Waals surface area contributed by atoms with Crippen LogP contribution in [0.1, 0.15) is 46.5 Å². The maximum atomic E-state index is 3.57. The number of rotatable bonds is 5. The molecule has 15 heavy (non-hydrogen) atoms. The van der Waals surface area contributed by atoms with E-state index < -0.39 is 0 Å². The van der Waals surface area contributed by atoms with Gasteiger partial charge in [-0.05, 0) is 45.2 Å². The molecule has 0 spiro atoms. The van der Waals surface area contributed by atoms with E-state index in [1.54, 1.807) is 0 Å². The van der Waals surface area contributed by atoms with Crippen molar-refractivity contribution in [3.8, 4) is 0 Å². The molecule has 90 valence electrons. The van der Waals surface area contributed by atoms with Gasteiger partial charge >= 0.3 is 0 Å². The zero-order valence-electron chi connectivity index (χ0n) is 10.9. The van der Waals surface area contributed by atoms with Crippen LogP contribution in [0.2, 0.25) is 0 Å². The molecule has 0 aliphatic heterocycles. The number of nitrogens with one attached hydrogen (secondary N) is 1. The molecule has 1 N–H and O–H groups in total. The van der Waals surface area contributed by atoms with Gasteiger partial charge in [0.2, 0.25) is 0 Å². The van der Waals surface area contributed by atoms with E-state index in [1.165, 1.54) is 32.2 Å². The highest BCUT2D eigenvalue weighted by Crippen LogP contribution is 2.22. The predicted molar refractivity (Wildman–Crippen MR) is 67.2 cm³/mol. The second kappa shape index (κ2) is 6.49. The van der Waals surface area contributed by atoms with Crippen LogP contribution in [0.15, 0.2) is 0 Å². The first-order valence-corrected chi connectivity index (χ1v) is 6.57. The first-order chi connectivity index (χ1) is 7.13. The van der Waals surface area contributed by atoms with Crippen molar-refractivity contribution in [1.82, 2.24) is 10.2 Å². The van der Waals surface area contributed by atoms with Crippen molar-refractivity contribution >= 4 is 0 Å². The quantitative estimate of drug-likeness (QED) is 0.753. The van der Waals surface area contributed by atoms with E-state index in [9.17, 15) is 0 Å². The molecule has 0 radical (unpaired) electrons. The lowest BCUT2D eigenvalue weighted by Crippen LogP contribution is -2.41. The first kappa shape index (κ1) is 13.0. The Kier molecular flexibility index (Phi) is 5.62. The molecule has 1 rings (SSSR count). The summed E-state index contributed by atoms with van der Waals surface area (Å²) >= 11 is 0. The molecule has 0 saturated heterocycles. The molecule has 0 heterocycles. The molecule has 1 saturated carbocycles. The Morgan fingerprint density at radius 3 is 2.27 bits per heavy atom. The third-order valence-electron chi connectivity index (χ3n) is 3.47. The summed E-state index contributed by atoms with van der Waals surface area (Å²) in [6, 6.07) is 1.63. The number of nitrogens with zero attached hydrogens (tertiary/aromatic N) is 1. The second-order valence-corrected chi connectivity index (χ2v) is 5.40. The Hall–Kier alpha value is -0.0800. The van der Waals surface area contributed by atoms with E-state index >= 15 is 0 Å². The Bertz CT molecular complexity index is 160. The van der Waals surface area contributed by atoms with Crippen LogP contribution in [0.5, 0.6) is 0 Å². The Balaban J connectivity index is 2.24. The van der Waals surface area contributed by atoms with Gasteiger partial charge in [-0.15, -0.1) is 0 Å². The maximum Gasteiger partial charge on any atom is 0.00934 e. The molecule has 2 heteroatoms.